The molecule has 1 aliphatic heterocycles. The zero-order chi connectivity index (χ0) is 14.7. The van der Waals surface area contributed by atoms with E-state index in [1.165, 1.54) is 0 Å². The zero-order valence-corrected chi connectivity index (χ0v) is 11.1. The molecular weight excluding hydrogens is 260 g/mol. The van der Waals surface area contributed by atoms with Crippen molar-refractivity contribution in [2.45, 2.75) is 26.4 Å². The molecule has 0 aliphatic carbocycles. The fourth-order valence-electron chi connectivity index (χ4n) is 2.15. The average Bonchev–Trinajstić information content (AvgIpc) is 2.44. The molecule has 1 aromatic carbocycles. The number of hydrogen-bond donors (Lipinski definition) is 2. The molecule has 0 radical (unpaired) electrons. The van der Waals surface area contributed by atoms with Gasteiger partial charge in [-0.3, -0.25) is 14.9 Å². The van der Waals surface area contributed by atoms with Crippen LogP contribution < -0.4 is 10.2 Å². The van der Waals surface area contributed by atoms with Gasteiger partial charge >= 0.3 is 6.03 Å². The van der Waals surface area contributed by atoms with Crippen molar-refractivity contribution >= 4 is 23.5 Å². The third-order valence-electron chi connectivity index (χ3n) is 3.22. The summed E-state index contributed by atoms with van der Waals surface area (Å²) in [5, 5.41) is 11.2. The molecule has 1 atom stereocenters. The standard InChI is InChI=1S/C14H16N2O4/c1-2-3-11-12(18)15-14(20)16(13(11)19)10-6-4-9(8-17)5-7-10/h4-7,11,17H,2-3,8H2,1H3,(H,15,18,20). The molecule has 0 spiro atoms. The van der Waals surface area contributed by atoms with Gasteiger partial charge in [-0.05, 0) is 24.1 Å². The van der Waals surface area contributed by atoms with Crippen molar-refractivity contribution < 1.29 is 19.5 Å². The van der Waals surface area contributed by atoms with Crippen molar-refractivity contribution in [3.05, 3.63) is 29.8 Å². The second-order valence-electron chi connectivity index (χ2n) is 4.63. The maximum absolute atomic E-state index is 12.3. The first-order chi connectivity index (χ1) is 9.58. The Labute approximate surface area is 116 Å². The lowest BCUT2D eigenvalue weighted by Gasteiger charge is -2.30. The molecular formula is C14H16N2O4. The summed E-state index contributed by atoms with van der Waals surface area (Å²) in [6, 6.07) is 5.66. The van der Waals surface area contributed by atoms with Crippen LogP contribution in [-0.2, 0) is 16.2 Å². The van der Waals surface area contributed by atoms with E-state index in [1.54, 1.807) is 24.3 Å². The minimum absolute atomic E-state index is 0.114. The smallest absolute Gasteiger partial charge is 0.335 e. The summed E-state index contributed by atoms with van der Waals surface area (Å²) in [7, 11) is 0. The summed E-state index contributed by atoms with van der Waals surface area (Å²) < 4.78 is 0. The van der Waals surface area contributed by atoms with Gasteiger partial charge in [0.15, 0.2) is 0 Å². The molecule has 106 valence electrons. The van der Waals surface area contributed by atoms with Gasteiger partial charge < -0.3 is 5.11 Å². The van der Waals surface area contributed by atoms with E-state index in [-0.39, 0.29) is 6.61 Å². The molecule has 1 saturated heterocycles. The van der Waals surface area contributed by atoms with Crippen LogP contribution in [0.5, 0.6) is 0 Å². The summed E-state index contributed by atoms with van der Waals surface area (Å²) in [6.07, 6.45) is 1.08. The highest BCUT2D eigenvalue weighted by Gasteiger charge is 2.40. The van der Waals surface area contributed by atoms with Crippen LogP contribution in [0.4, 0.5) is 10.5 Å². The highest BCUT2D eigenvalue weighted by atomic mass is 16.3. The van der Waals surface area contributed by atoms with Crippen molar-refractivity contribution in [1.82, 2.24) is 5.32 Å². The molecule has 2 rings (SSSR count). The number of carbonyl (C=O) groups excluding carboxylic acids is 3. The van der Waals surface area contributed by atoms with E-state index in [1.807, 2.05) is 6.92 Å². The predicted molar refractivity (Wildman–Crippen MR) is 71.8 cm³/mol. The number of benzene rings is 1. The van der Waals surface area contributed by atoms with Crippen LogP contribution in [-0.4, -0.2) is 23.0 Å². The molecule has 1 fully saturated rings. The van der Waals surface area contributed by atoms with E-state index in [2.05, 4.69) is 5.32 Å². The van der Waals surface area contributed by atoms with Gasteiger partial charge in [-0.2, -0.15) is 0 Å². The Kier molecular flexibility index (Phi) is 4.14. The Bertz CT molecular complexity index is 539. The van der Waals surface area contributed by atoms with Gasteiger partial charge in [-0.1, -0.05) is 25.5 Å². The van der Waals surface area contributed by atoms with Gasteiger partial charge in [0.25, 0.3) is 0 Å². The molecule has 0 bridgehead atoms. The summed E-state index contributed by atoms with van der Waals surface area (Å²) in [5.74, 6) is -1.86. The third-order valence-corrected chi connectivity index (χ3v) is 3.22. The van der Waals surface area contributed by atoms with E-state index in [4.69, 9.17) is 5.11 Å². The Morgan fingerprint density at radius 2 is 1.85 bits per heavy atom. The molecule has 6 nitrogen and oxygen atoms in total. The van der Waals surface area contributed by atoms with E-state index >= 15 is 0 Å². The summed E-state index contributed by atoms with van der Waals surface area (Å²) in [4.78, 5) is 36.8. The molecule has 20 heavy (non-hydrogen) atoms. The van der Waals surface area contributed by atoms with E-state index in [0.717, 1.165) is 4.90 Å². The average molecular weight is 276 g/mol. The Morgan fingerprint density at radius 3 is 2.40 bits per heavy atom. The number of nitrogens with zero attached hydrogens (tertiary/aromatic N) is 1. The SMILES string of the molecule is CCCC1C(=O)NC(=O)N(c2ccc(CO)cc2)C1=O. The number of carbonyl (C=O) groups is 3. The minimum Gasteiger partial charge on any atom is -0.392 e. The van der Waals surface area contributed by atoms with Crippen LogP contribution in [0.15, 0.2) is 24.3 Å². The quantitative estimate of drug-likeness (QED) is 0.808. The molecule has 4 amide bonds. The van der Waals surface area contributed by atoms with Gasteiger partial charge in [0.2, 0.25) is 11.8 Å². The zero-order valence-electron chi connectivity index (χ0n) is 11.1. The van der Waals surface area contributed by atoms with Crippen LogP contribution in [0, 0.1) is 5.92 Å². The van der Waals surface area contributed by atoms with Crippen molar-refractivity contribution in [2.75, 3.05) is 4.90 Å². The van der Waals surface area contributed by atoms with Crippen LogP contribution in [0.1, 0.15) is 25.3 Å². The van der Waals surface area contributed by atoms with Crippen LogP contribution >= 0.6 is 0 Å². The largest absolute Gasteiger partial charge is 0.392 e. The molecule has 1 unspecified atom stereocenters. The first-order valence-electron chi connectivity index (χ1n) is 6.47. The van der Waals surface area contributed by atoms with Crippen molar-refractivity contribution in [1.29, 1.82) is 0 Å². The third kappa shape index (κ3) is 2.55. The molecule has 2 N–H and O–H groups in total. The lowest BCUT2D eigenvalue weighted by Crippen LogP contribution is -2.58. The first-order valence-corrected chi connectivity index (χ1v) is 6.47. The second kappa shape index (κ2) is 5.83. The number of hydrogen-bond acceptors (Lipinski definition) is 4. The van der Waals surface area contributed by atoms with Crippen molar-refractivity contribution in [3.63, 3.8) is 0 Å². The summed E-state index contributed by atoms with van der Waals surface area (Å²) in [5.41, 5.74) is 1.07. The van der Waals surface area contributed by atoms with Crippen LogP contribution in [0.25, 0.3) is 0 Å². The monoisotopic (exact) mass is 276 g/mol. The van der Waals surface area contributed by atoms with Crippen molar-refractivity contribution in [2.24, 2.45) is 5.92 Å². The molecule has 1 heterocycles. The van der Waals surface area contributed by atoms with Crippen molar-refractivity contribution in [3.8, 4) is 0 Å². The fraction of sp³-hybridized carbons (Fsp3) is 0.357. The van der Waals surface area contributed by atoms with E-state index in [9.17, 15) is 14.4 Å². The van der Waals surface area contributed by atoms with Crippen LogP contribution in [0.3, 0.4) is 0 Å². The molecule has 0 saturated carbocycles. The van der Waals surface area contributed by atoms with Gasteiger partial charge in [0, 0.05) is 0 Å². The van der Waals surface area contributed by atoms with Gasteiger partial charge in [-0.25, -0.2) is 9.69 Å². The number of aliphatic hydroxyl groups is 1. The first kappa shape index (κ1) is 14.2. The molecule has 1 aromatic rings. The second-order valence-corrected chi connectivity index (χ2v) is 4.63. The lowest BCUT2D eigenvalue weighted by atomic mass is 9.99. The summed E-state index contributed by atoms with van der Waals surface area (Å²) >= 11 is 0. The number of amides is 4. The number of anilines is 1. The summed E-state index contributed by atoms with van der Waals surface area (Å²) in [6.45, 7) is 1.76. The van der Waals surface area contributed by atoms with Gasteiger partial charge in [0.05, 0.1) is 12.3 Å². The number of imide groups is 2. The lowest BCUT2D eigenvalue weighted by molar-refractivity contribution is -0.134. The molecule has 6 heteroatoms. The number of barbiturate groups is 1. The normalized spacial score (nSPS) is 19.2. The molecule has 0 aromatic heterocycles. The topological polar surface area (TPSA) is 86.7 Å². The fourth-order valence-corrected chi connectivity index (χ4v) is 2.15. The number of aliphatic hydroxyl groups excluding tert-OH is 1. The van der Waals surface area contributed by atoms with E-state index < -0.39 is 23.8 Å². The maximum Gasteiger partial charge on any atom is 0.335 e. The predicted octanol–water partition coefficient (Wildman–Crippen LogP) is 1.18. The van der Waals surface area contributed by atoms with Gasteiger partial charge in [0.1, 0.15) is 5.92 Å². The Hall–Kier alpha value is -2.21. The highest BCUT2D eigenvalue weighted by molar-refractivity contribution is 6.27. The molecule has 1 aliphatic rings. The Morgan fingerprint density at radius 1 is 1.20 bits per heavy atom. The number of nitrogens with one attached hydrogen (secondary N) is 1. The minimum atomic E-state index is -0.824. The maximum atomic E-state index is 12.3. The number of rotatable bonds is 4. The number of urea groups is 1. The van der Waals surface area contributed by atoms with E-state index in [0.29, 0.717) is 24.1 Å². The van der Waals surface area contributed by atoms with Gasteiger partial charge in [-0.15, -0.1) is 0 Å². The van der Waals surface area contributed by atoms with Crippen LogP contribution in [0.2, 0.25) is 0 Å². The Balaban J connectivity index is 2.30. The highest BCUT2D eigenvalue weighted by Crippen LogP contribution is 2.23.